The Labute approximate surface area is 105 Å². The van der Waals surface area contributed by atoms with Crippen molar-refractivity contribution in [2.24, 2.45) is 0 Å². The maximum absolute atomic E-state index is 5.59. The lowest BCUT2D eigenvalue weighted by Gasteiger charge is -2.18. The van der Waals surface area contributed by atoms with Crippen LogP contribution in [0.1, 0.15) is 13.8 Å². The molecule has 0 saturated carbocycles. The van der Waals surface area contributed by atoms with E-state index in [2.05, 4.69) is 24.1 Å². The van der Waals surface area contributed by atoms with Gasteiger partial charge >= 0.3 is 0 Å². The summed E-state index contributed by atoms with van der Waals surface area (Å²) in [5, 5.41) is 3.39. The molecule has 0 heterocycles. The molecule has 1 N–H and O–H groups in total. The van der Waals surface area contributed by atoms with Crippen molar-refractivity contribution in [1.82, 2.24) is 10.2 Å². The fraction of sp³-hybridized carbons (Fsp3) is 0.571. The standard InChI is InChI=1S/C14H24N2O/c1-3-16(4-2)12-10-15-11-13-17-14-8-6-5-7-9-14/h5-9,15H,3-4,10-13H2,1-2H3. The summed E-state index contributed by atoms with van der Waals surface area (Å²) in [5.41, 5.74) is 0. The zero-order valence-electron chi connectivity index (χ0n) is 11.0. The average Bonchev–Trinajstić information content (AvgIpc) is 2.39. The van der Waals surface area contributed by atoms with Crippen molar-refractivity contribution in [1.29, 1.82) is 0 Å². The summed E-state index contributed by atoms with van der Waals surface area (Å²) in [6.45, 7) is 10.4. The molecular formula is C14H24N2O. The first-order chi connectivity index (χ1) is 8.36. The van der Waals surface area contributed by atoms with Gasteiger partial charge in [0, 0.05) is 19.6 Å². The zero-order valence-corrected chi connectivity index (χ0v) is 11.0. The van der Waals surface area contributed by atoms with Gasteiger partial charge in [0.15, 0.2) is 0 Å². The van der Waals surface area contributed by atoms with E-state index in [1.807, 2.05) is 30.3 Å². The van der Waals surface area contributed by atoms with E-state index in [0.717, 1.165) is 45.1 Å². The Balaban J connectivity index is 1.98. The second-order valence-electron chi connectivity index (χ2n) is 3.94. The maximum atomic E-state index is 5.59. The number of hydrogen-bond acceptors (Lipinski definition) is 3. The molecule has 0 atom stereocenters. The molecule has 0 aromatic heterocycles. The Kier molecular flexibility index (Phi) is 7.43. The molecule has 0 spiro atoms. The lowest BCUT2D eigenvalue weighted by Crippen LogP contribution is -2.33. The van der Waals surface area contributed by atoms with E-state index in [9.17, 15) is 0 Å². The van der Waals surface area contributed by atoms with Crippen LogP contribution in [0.15, 0.2) is 30.3 Å². The zero-order chi connectivity index (χ0) is 12.3. The third-order valence-electron chi connectivity index (χ3n) is 2.79. The first-order valence-corrected chi connectivity index (χ1v) is 6.47. The van der Waals surface area contributed by atoms with Crippen LogP contribution in [-0.2, 0) is 0 Å². The van der Waals surface area contributed by atoms with Crippen LogP contribution < -0.4 is 10.1 Å². The topological polar surface area (TPSA) is 24.5 Å². The Bertz CT molecular complexity index is 273. The molecule has 1 aromatic carbocycles. The van der Waals surface area contributed by atoms with Crippen LogP contribution in [0.3, 0.4) is 0 Å². The van der Waals surface area contributed by atoms with Gasteiger partial charge in [-0.1, -0.05) is 32.0 Å². The summed E-state index contributed by atoms with van der Waals surface area (Å²) in [6.07, 6.45) is 0. The number of nitrogens with one attached hydrogen (secondary N) is 1. The van der Waals surface area contributed by atoms with Crippen molar-refractivity contribution in [3.05, 3.63) is 30.3 Å². The lowest BCUT2D eigenvalue weighted by molar-refractivity contribution is 0.285. The van der Waals surface area contributed by atoms with Gasteiger partial charge in [-0.25, -0.2) is 0 Å². The monoisotopic (exact) mass is 236 g/mol. The molecule has 1 rings (SSSR count). The minimum absolute atomic E-state index is 0.724. The van der Waals surface area contributed by atoms with Crippen LogP contribution in [0.5, 0.6) is 5.75 Å². The molecule has 0 aliphatic carbocycles. The summed E-state index contributed by atoms with van der Waals surface area (Å²) < 4.78 is 5.59. The predicted molar refractivity (Wildman–Crippen MR) is 72.6 cm³/mol. The smallest absolute Gasteiger partial charge is 0.119 e. The maximum Gasteiger partial charge on any atom is 0.119 e. The van der Waals surface area contributed by atoms with Crippen LogP contribution in [0.25, 0.3) is 0 Å². The average molecular weight is 236 g/mol. The lowest BCUT2D eigenvalue weighted by atomic mass is 10.3. The van der Waals surface area contributed by atoms with E-state index in [1.54, 1.807) is 0 Å². The normalized spacial score (nSPS) is 10.8. The van der Waals surface area contributed by atoms with E-state index in [4.69, 9.17) is 4.74 Å². The SMILES string of the molecule is CCN(CC)CCNCCOc1ccccc1. The van der Waals surface area contributed by atoms with Gasteiger partial charge in [-0.3, -0.25) is 0 Å². The van der Waals surface area contributed by atoms with Crippen molar-refractivity contribution < 1.29 is 4.74 Å². The molecule has 0 amide bonds. The molecular weight excluding hydrogens is 212 g/mol. The quantitative estimate of drug-likeness (QED) is 0.664. The van der Waals surface area contributed by atoms with Crippen molar-refractivity contribution in [3.63, 3.8) is 0 Å². The Morgan fingerprint density at radius 1 is 1.06 bits per heavy atom. The second kappa shape index (κ2) is 9.02. The number of ether oxygens (including phenoxy) is 1. The molecule has 3 heteroatoms. The van der Waals surface area contributed by atoms with Crippen molar-refractivity contribution >= 4 is 0 Å². The van der Waals surface area contributed by atoms with Crippen molar-refractivity contribution in [2.75, 3.05) is 39.3 Å². The number of rotatable bonds is 9. The highest BCUT2D eigenvalue weighted by Crippen LogP contribution is 2.07. The van der Waals surface area contributed by atoms with Gasteiger partial charge in [-0.15, -0.1) is 0 Å². The van der Waals surface area contributed by atoms with Gasteiger partial charge in [0.1, 0.15) is 12.4 Å². The van der Waals surface area contributed by atoms with Gasteiger partial charge in [-0.05, 0) is 25.2 Å². The molecule has 3 nitrogen and oxygen atoms in total. The highest BCUT2D eigenvalue weighted by Gasteiger charge is 1.97. The van der Waals surface area contributed by atoms with Crippen LogP contribution in [-0.4, -0.2) is 44.2 Å². The second-order valence-corrected chi connectivity index (χ2v) is 3.94. The van der Waals surface area contributed by atoms with Crippen LogP contribution >= 0.6 is 0 Å². The van der Waals surface area contributed by atoms with E-state index < -0.39 is 0 Å². The molecule has 0 fully saturated rings. The highest BCUT2D eigenvalue weighted by molar-refractivity contribution is 5.20. The minimum atomic E-state index is 0.724. The molecule has 17 heavy (non-hydrogen) atoms. The number of nitrogens with zero attached hydrogens (tertiary/aromatic N) is 1. The summed E-state index contributed by atoms with van der Waals surface area (Å²) in [5.74, 6) is 0.943. The van der Waals surface area contributed by atoms with Crippen LogP contribution in [0.4, 0.5) is 0 Å². The van der Waals surface area contributed by atoms with Gasteiger partial charge in [0.05, 0.1) is 0 Å². The third-order valence-corrected chi connectivity index (χ3v) is 2.79. The Morgan fingerprint density at radius 2 is 1.76 bits per heavy atom. The molecule has 0 saturated heterocycles. The molecule has 0 aliphatic rings. The van der Waals surface area contributed by atoms with Gasteiger partial charge in [0.2, 0.25) is 0 Å². The predicted octanol–water partition coefficient (Wildman–Crippen LogP) is 2.00. The summed E-state index contributed by atoms with van der Waals surface area (Å²) >= 11 is 0. The number of likely N-dealkylation sites (N-methyl/N-ethyl adjacent to an activating group) is 1. The van der Waals surface area contributed by atoms with Crippen LogP contribution in [0, 0.1) is 0 Å². The van der Waals surface area contributed by atoms with Gasteiger partial charge < -0.3 is 15.0 Å². The Morgan fingerprint density at radius 3 is 2.41 bits per heavy atom. The molecule has 1 aromatic rings. The van der Waals surface area contributed by atoms with Crippen LogP contribution in [0.2, 0.25) is 0 Å². The highest BCUT2D eigenvalue weighted by atomic mass is 16.5. The first-order valence-electron chi connectivity index (χ1n) is 6.47. The third kappa shape index (κ3) is 6.29. The van der Waals surface area contributed by atoms with E-state index in [-0.39, 0.29) is 0 Å². The molecule has 96 valence electrons. The van der Waals surface area contributed by atoms with Gasteiger partial charge in [0.25, 0.3) is 0 Å². The summed E-state index contributed by atoms with van der Waals surface area (Å²) in [4.78, 5) is 2.41. The van der Waals surface area contributed by atoms with E-state index in [1.165, 1.54) is 0 Å². The minimum Gasteiger partial charge on any atom is -0.492 e. The summed E-state index contributed by atoms with van der Waals surface area (Å²) in [6, 6.07) is 9.94. The fourth-order valence-electron chi connectivity index (χ4n) is 1.66. The van der Waals surface area contributed by atoms with Gasteiger partial charge in [-0.2, -0.15) is 0 Å². The first kappa shape index (κ1) is 14.0. The number of hydrogen-bond donors (Lipinski definition) is 1. The number of benzene rings is 1. The van der Waals surface area contributed by atoms with E-state index >= 15 is 0 Å². The molecule has 0 aliphatic heterocycles. The van der Waals surface area contributed by atoms with Crippen molar-refractivity contribution in [2.45, 2.75) is 13.8 Å². The summed E-state index contributed by atoms with van der Waals surface area (Å²) in [7, 11) is 0. The molecule has 0 bridgehead atoms. The molecule has 0 radical (unpaired) electrons. The van der Waals surface area contributed by atoms with Crippen molar-refractivity contribution in [3.8, 4) is 5.75 Å². The van der Waals surface area contributed by atoms with E-state index in [0.29, 0.717) is 0 Å². The fourth-order valence-corrected chi connectivity index (χ4v) is 1.66. The molecule has 0 unspecified atom stereocenters. The Hall–Kier alpha value is -1.06. The largest absolute Gasteiger partial charge is 0.492 e. The number of para-hydroxylation sites is 1.